The number of aliphatic hydroxyl groups excluding tert-OH is 1. The van der Waals surface area contributed by atoms with Crippen LogP contribution in [-0.4, -0.2) is 33.2 Å². The van der Waals surface area contributed by atoms with Crippen LogP contribution in [0.3, 0.4) is 0 Å². The van der Waals surface area contributed by atoms with Crippen molar-refractivity contribution in [2.75, 3.05) is 13.3 Å². The zero-order chi connectivity index (χ0) is 16.3. The number of aromatic nitrogens is 2. The topological polar surface area (TPSA) is 69.2 Å². The van der Waals surface area contributed by atoms with Crippen LogP contribution in [0.15, 0.2) is 10.4 Å². The van der Waals surface area contributed by atoms with Crippen molar-refractivity contribution < 1.29 is 5.11 Å². The van der Waals surface area contributed by atoms with Crippen LogP contribution < -0.4 is 5.56 Å². The maximum atomic E-state index is 12.5. The summed E-state index contributed by atoms with van der Waals surface area (Å²) in [7, 11) is 0. The van der Waals surface area contributed by atoms with E-state index in [9.17, 15) is 9.90 Å². The second kappa shape index (κ2) is 7.20. The molecule has 1 aromatic rings. The maximum Gasteiger partial charge on any atom is 0.258 e. The van der Waals surface area contributed by atoms with Crippen LogP contribution in [0, 0.1) is 12.8 Å². The molecule has 0 spiro atoms. The van der Waals surface area contributed by atoms with E-state index in [0.29, 0.717) is 24.8 Å². The van der Waals surface area contributed by atoms with E-state index in [4.69, 9.17) is 0 Å². The first-order valence-corrected chi connectivity index (χ1v) is 8.08. The van der Waals surface area contributed by atoms with Crippen LogP contribution in [0.2, 0.25) is 0 Å². The van der Waals surface area contributed by atoms with E-state index in [1.165, 1.54) is 11.1 Å². The Labute approximate surface area is 132 Å². The molecule has 2 N–H and O–H groups in total. The Kier molecular flexibility index (Phi) is 5.53. The Morgan fingerprint density at radius 2 is 2.14 bits per heavy atom. The third kappa shape index (κ3) is 3.65. The Morgan fingerprint density at radius 3 is 2.68 bits per heavy atom. The Morgan fingerprint density at radius 1 is 1.41 bits per heavy atom. The normalized spacial score (nSPS) is 19.1. The van der Waals surface area contributed by atoms with Crippen LogP contribution in [0.1, 0.15) is 57.1 Å². The van der Waals surface area contributed by atoms with Gasteiger partial charge in [-0.3, -0.25) is 9.69 Å². The van der Waals surface area contributed by atoms with Crippen LogP contribution in [0.25, 0.3) is 5.57 Å². The number of aryl methyl sites for hydroxylation is 1. The molecule has 5 heteroatoms. The number of allylic oxidation sites excluding steroid dienone is 2. The molecule has 1 aliphatic carbocycles. The van der Waals surface area contributed by atoms with Crippen molar-refractivity contribution in [3.8, 4) is 0 Å². The average molecular weight is 305 g/mol. The van der Waals surface area contributed by atoms with E-state index >= 15 is 0 Å². The summed E-state index contributed by atoms with van der Waals surface area (Å²) in [4.78, 5) is 21.8. The first-order chi connectivity index (χ1) is 10.5. The molecular formula is C17H27N3O2. The molecule has 1 heterocycles. The third-order valence-electron chi connectivity index (χ3n) is 4.53. The van der Waals surface area contributed by atoms with Gasteiger partial charge in [0.2, 0.25) is 0 Å². The highest BCUT2D eigenvalue weighted by Gasteiger charge is 2.21. The fourth-order valence-electron chi connectivity index (χ4n) is 3.24. The number of aliphatic hydroxyl groups is 1. The van der Waals surface area contributed by atoms with E-state index in [0.717, 1.165) is 30.5 Å². The lowest BCUT2D eigenvalue weighted by atomic mass is 9.82. The molecule has 0 bridgehead atoms. The van der Waals surface area contributed by atoms with Gasteiger partial charge in [-0.1, -0.05) is 19.4 Å². The number of aromatic amines is 1. The Bertz CT molecular complexity index is 615. The maximum absolute atomic E-state index is 12.5. The highest BCUT2D eigenvalue weighted by atomic mass is 16.3. The number of nitrogens with one attached hydrogen (secondary N) is 1. The Balaban J connectivity index is 2.36. The van der Waals surface area contributed by atoms with E-state index in [1.54, 1.807) is 0 Å². The SMILES string of the molecule is CCN(CO)Cc1nc(C)c(C2=C(C)CC(C)CC2)c(=O)[nH]1. The fourth-order valence-corrected chi connectivity index (χ4v) is 3.24. The van der Waals surface area contributed by atoms with Crippen LogP contribution in [0.4, 0.5) is 0 Å². The van der Waals surface area contributed by atoms with E-state index in [2.05, 4.69) is 23.8 Å². The molecule has 1 aromatic heterocycles. The van der Waals surface area contributed by atoms with Gasteiger partial charge in [0.15, 0.2) is 0 Å². The van der Waals surface area contributed by atoms with Gasteiger partial charge in [0.25, 0.3) is 5.56 Å². The predicted molar refractivity (Wildman–Crippen MR) is 88.4 cm³/mol. The van der Waals surface area contributed by atoms with E-state index in [-0.39, 0.29) is 12.3 Å². The van der Waals surface area contributed by atoms with E-state index < -0.39 is 0 Å². The highest BCUT2D eigenvalue weighted by Crippen LogP contribution is 2.34. The molecule has 122 valence electrons. The number of rotatable bonds is 5. The number of H-pyrrole nitrogens is 1. The van der Waals surface area contributed by atoms with Gasteiger partial charge in [0.05, 0.1) is 24.5 Å². The van der Waals surface area contributed by atoms with Crippen molar-refractivity contribution in [3.63, 3.8) is 0 Å². The van der Waals surface area contributed by atoms with Crippen LogP contribution >= 0.6 is 0 Å². The summed E-state index contributed by atoms with van der Waals surface area (Å²) in [5, 5.41) is 9.24. The molecule has 1 aliphatic rings. The van der Waals surface area contributed by atoms with Gasteiger partial charge in [0.1, 0.15) is 5.82 Å². The van der Waals surface area contributed by atoms with Crippen LogP contribution in [0.5, 0.6) is 0 Å². The van der Waals surface area contributed by atoms with Crippen LogP contribution in [-0.2, 0) is 6.54 Å². The molecule has 2 rings (SSSR count). The number of nitrogens with zero attached hydrogens (tertiary/aromatic N) is 2. The minimum Gasteiger partial charge on any atom is -0.381 e. The van der Waals surface area contributed by atoms with Gasteiger partial charge < -0.3 is 10.1 Å². The Hall–Kier alpha value is -1.46. The molecule has 5 nitrogen and oxygen atoms in total. The summed E-state index contributed by atoms with van der Waals surface area (Å²) in [5.41, 5.74) is 3.97. The van der Waals surface area contributed by atoms with Crippen molar-refractivity contribution >= 4 is 5.57 Å². The van der Waals surface area contributed by atoms with Gasteiger partial charge >= 0.3 is 0 Å². The molecule has 0 saturated carbocycles. The third-order valence-corrected chi connectivity index (χ3v) is 4.53. The molecule has 22 heavy (non-hydrogen) atoms. The summed E-state index contributed by atoms with van der Waals surface area (Å²) >= 11 is 0. The van der Waals surface area contributed by atoms with E-state index in [1.807, 2.05) is 18.7 Å². The summed E-state index contributed by atoms with van der Waals surface area (Å²) in [6.45, 7) is 9.38. The second-order valence-corrected chi connectivity index (χ2v) is 6.37. The lowest BCUT2D eigenvalue weighted by Gasteiger charge is -2.24. The summed E-state index contributed by atoms with van der Waals surface area (Å²) in [6.07, 6.45) is 3.14. The molecule has 1 atom stereocenters. The monoisotopic (exact) mass is 305 g/mol. The quantitative estimate of drug-likeness (QED) is 0.820. The molecule has 0 saturated heterocycles. The van der Waals surface area contributed by atoms with Gasteiger partial charge in [-0.2, -0.15) is 0 Å². The molecule has 0 fully saturated rings. The molecule has 1 unspecified atom stereocenters. The smallest absolute Gasteiger partial charge is 0.258 e. The minimum absolute atomic E-state index is 0.0385. The van der Waals surface area contributed by atoms with Crippen molar-refractivity contribution in [3.05, 3.63) is 33.0 Å². The highest BCUT2D eigenvalue weighted by molar-refractivity contribution is 5.70. The average Bonchev–Trinajstić information content (AvgIpc) is 2.46. The van der Waals surface area contributed by atoms with Gasteiger partial charge in [-0.25, -0.2) is 4.98 Å². The summed E-state index contributed by atoms with van der Waals surface area (Å²) < 4.78 is 0. The molecule has 0 radical (unpaired) electrons. The van der Waals surface area contributed by atoms with Crippen molar-refractivity contribution in [2.45, 2.75) is 53.5 Å². The van der Waals surface area contributed by atoms with Gasteiger partial charge in [-0.05, 0) is 51.1 Å². The molecule has 0 amide bonds. The summed E-state index contributed by atoms with van der Waals surface area (Å²) in [6, 6.07) is 0. The van der Waals surface area contributed by atoms with Gasteiger partial charge in [0, 0.05) is 0 Å². The van der Waals surface area contributed by atoms with Crippen molar-refractivity contribution in [2.24, 2.45) is 5.92 Å². The largest absolute Gasteiger partial charge is 0.381 e. The molecule has 0 aliphatic heterocycles. The van der Waals surface area contributed by atoms with Gasteiger partial charge in [-0.15, -0.1) is 0 Å². The lowest BCUT2D eigenvalue weighted by molar-refractivity contribution is 0.104. The minimum atomic E-state index is -0.0552. The zero-order valence-corrected chi connectivity index (χ0v) is 14.1. The number of hydrogen-bond acceptors (Lipinski definition) is 4. The predicted octanol–water partition coefficient (Wildman–Crippen LogP) is 2.44. The van der Waals surface area contributed by atoms with Crippen molar-refractivity contribution in [1.29, 1.82) is 0 Å². The van der Waals surface area contributed by atoms with Crippen molar-refractivity contribution in [1.82, 2.24) is 14.9 Å². The standard InChI is InChI=1S/C17H27N3O2/c1-5-20(10-21)9-15-18-13(4)16(17(22)19-15)14-7-6-11(2)8-12(14)3/h11,21H,5-10H2,1-4H3,(H,18,19,22). The lowest BCUT2D eigenvalue weighted by Crippen LogP contribution is -2.28. The zero-order valence-electron chi connectivity index (χ0n) is 14.1. The molecule has 0 aromatic carbocycles. The summed E-state index contributed by atoms with van der Waals surface area (Å²) in [5.74, 6) is 1.31. The number of hydrogen-bond donors (Lipinski definition) is 2. The molecular weight excluding hydrogens is 278 g/mol. The fraction of sp³-hybridized carbons (Fsp3) is 0.647. The first kappa shape index (κ1) is 16.9. The first-order valence-electron chi connectivity index (χ1n) is 8.08. The second-order valence-electron chi connectivity index (χ2n) is 6.37.